The maximum absolute atomic E-state index is 11.1. The van der Waals surface area contributed by atoms with Crippen molar-refractivity contribution in [1.29, 1.82) is 0 Å². The van der Waals surface area contributed by atoms with Gasteiger partial charge < -0.3 is 10.1 Å². The van der Waals surface area contributed by atoms with Gasteiger partial charge in [0.1, 0.15) is 17.9 Å². The summed E-state index contributed by atoms with van der Waals surface area (Å²) in [4.78, 5) is 15.0. The molecule has 128 valence electrons. The van der Waals surface area contributed by atoms with Gasteiger partial charge in [0.15, 0.2) is 0 Å². The number of nitrogens with one attached hydrogen (secondary N) is 1. The molecule has 1 N–H and O–H groups in total. The maximum atomic E-state index is 11.1. The fourth-order valence-electron chi connectivity index (χ4n) is 2.83. The number of rotatable bonds is 6. The molecule has 0 amide bonds. The molecule has 6 nitrogen and oxygen atoms in total. The van der Waals surface area contributed by atoms with Gasteiger partial charge in [-0.2, -0.15) is 0 Å². The van der Waals surface area contributed by atoms with Crippen LogP contribution in [0.3, 0.4) is 0 Å². The fourth-order valence-corrected chi connectivity index (χ4v) is 2.83. The highest BCUT2D eigenvalue weighted by molar-refractivity contribution is 5.96. The SMILES string of the molecule is Cc1cccc(C)c1OCCNc1ccc([N+](=O)[O-])c2cccnc12. The zero-order valence-corrected chi connectivity index (χ0v) is 14.2. The molecule has 0 spiro atoms. The highest BCUT2D eigenvalue weighted by Gasteiger charge is 2.14. The van der Waals surface area contributed by atoms with Crippen LogP contribution in [-0.2, 0) is 0 Å². The standard InChI is InChI=1S/C19H19N3O3/c1-13-5-3-6-14(2)19(13)25-12-11-20-16-8-9-17(22(23)24)15-7-4-10-21-18(15)16/h3-10,20H,11-12H2,1-2H3. The van der Waals surface area contributed by atoms with Crippen LogP contribution in [0.25, 0.3) is 10.9 Å². The average Bonchev–Trinajstić information content (AvgIpc) is 2.60. The van der Waals surface area contributed by atoms with E-state index < -0.39 is 4.92 Å². The van der Waals surface area contributed by atoms with E-state index in [1.165, 1.54) is 6.07 Å². The molecule has 0 saturated carbocycles. The average molecular weight is 337 g/mol. The largest absolute Gasteiger partial charge is 0.491 e. The number of anilines is 1. The summed E-state index contributed by atoms with van der Waals surface area (Å²) >= 11 is 0. The third kappa shape index (κ3) is 3.52. The van der Waals surface area contributed by atoms with Crippen molar-refractivity contribution < 1.29 is 9.66 Å². The maximum Gasteiger partial charge on any atom is 0.278 e. The molecule has 6 heteroatoms. The number of nitro groups is 1. The molecule has 0 aliphatic carbocycles. The first kappa shape index (κ1) is 16.7. The monoisotopic (exact) mass is 337 g/mol. The smallest absolute Gasteiger partial charge is 0.278 e. The van der Waals surface area contributed by atoms with E-state index in [0.29, 0.717) is 24.1 Å². The topological polar surface area (TPSA) is 77.3 Å². The van der Waals surface area contributed by atoms with E-state index in [-0.39, 0.29) is 5.69 Å². The van der Waals surface area contributed by atoms with Crippen LogP contribution >= 0.6 is 0 Å². The summed E-state index contributed by atoms with van der Waals surface area (Å²) in [6.07, 6.45) is 1.63. The van der Waals surface area contributed by atoms with E-state index >= 15 is 0 Å². The lowest BCUT2D eigenvalue weighted by Crippen LogP contribution is -2.13. The Morgan fingerprint density at radius 1 is 1.12 bits per heavy atom. The number of aryl methyl sites for hydroxylation is 2. The van der Waals surface area contributed by atoms with Crippen LogP contribution in [0, 0.1) is 24.0 Å². The summed E-state index contributed by atoms with van der Waals surface area (Å²) in [6, 6.07) is 12.6. The zero-order chi connectivity index (χ0) is 17.8. The van der Waals surface area contributed by atoms with Crippen LogP contribution in [-0.4, -0.2) is 23.1 Å². The van der Waals surface area contributed by atoms with Gasteiger partial charge in [-0.3, -0.25) is 15.1 Å². The number of non-ortho nitro benzene ring substituents is 1. The summed E-state index contributed by atoms with van der Waals surface area (Å²) in [5.74, 6) is 0.899. The number of benzene rings is 2. The van der Waals surface area contributed by atoms with Crippen molar-refractivity contribution >= 4 is 22.3 Å². The van der Waals surface area contributed by atoms with Crippen molar-refractivity contribution in [3.8, 4) is 5.75 Å². The number of pyridine rings is 1. The highest BCUT2D eigenvalue weighted by Crippen LogP contribution is 2.29. The molecule has 0 aliphatic rings. The molecule has 3 aromatic rings. The summed E-state index contributed by atoms with van der Waals surface area (Å²) in [5, 5.41) is 14.9. The number of hydrogen-bond donors (Lipinski definition) is 1. The minimum Gasteiger partial charge on any atom is -0.491 e. The first-order valence-corrected chi connectivity index (χ1v) is 8.03. The third-order valence-electron chi connectivity index (χ3n) is 4.02. The summed E-state index contributed by atoms with van der Waals surface area (Å²) < 4.78 is 5.87. The van der Waals surface area contributed by atoms with Crippen LogP contribution in [0.2, 0.25) is 0 Å². The Balaban J connectivity index is 1.72. The number of para-hydroxylation sites is 1. The van der Waals surface area contributed by atoms with Crippen molar-refractivity contribution in [2.24, 2.45) is 0 Å². The second-order valence-corrected chi connectivity index (χ2v) is 5.79. The van der Waals surface area contributed by atoms with Crippen LogP contribution in [0.4, 0.5) is 11.4 Å². The number of nitrogens with zero attached hydrogens (tertiary/aromatic N) is 2. The molecule has 0 bridgehead atoms. The second kappa shape index (κ2) is 7.17. The highest BCUT2D eigenvalue weighted by atomic mass is 16.6. The van der Waals surface area contributed by atoms with E-state index in [0.717, 1.165) is 22.6 Å². The fraction of sp³-hybridized carbons (Fsp3) is 0.211. The molecule has 0 saturated heterocycles. The van der Waals surface area contributed by atoms with E-state index in [1.54, 1.807) is 24.4 Å². The first-order valence-electron chi connectivity index (χ1n) is 8.03. The van der Waals surface area contributed by atoms with Crippen molar-refractivity contribution in [3.05, 3.63) is 69.9 Å². The van der Waals surface area contributed by atoms with Crippen molar-refractivity contribution in [2.45, 2.75) is 13.8 Å². The normalized spacial score (nSPS) is 10.6. The molecule has 0 unspecified atom stereocenters. The lowest BCUT2D eigenvalue weighted by atomic mass is 10.1. The summed E-state index contributed by atoms with van der Waals surface area (Å²) in [5.41, 5.74) is 3.60. The molecule has 25 heavy (non-hydrogen) atoms. The zero-order valence-electron chi connectivity index (χ0n) is 14.2. The molecular formula is C19H19N3O3. The van der Waals surface area contributed by atoms with Gasteiger partial charge in [-0.05, 0) is 43.2 Å². The Labute approximate surface area is 145 Å². The Morgan fingerprint density at radius 2 is 1.88 bits per heavy atom. The van der Waals surface area contributed by atoms with Crippen LogP contribution in [0.5, 0.6) is 5.75 Å². The second-order valence-electron chi connectivity index (χ2n) is 5.79. The van der Waals surface area contributed by atoms with Gasteiger partial charge in [-0.25, -0.2) is 0 Å². The van der Waals surface area contributed by atoms with E-state index in [4.69, 9.17) is 4.74 Å². The molecule has 3 rings (SSSR count). The van der Waals surface area contributed by atoms with Crippen LogP contribution in [0.1, 0.15) is 11.1 Å². The summed E-state index contributed by atoms with van der Waals surface area (Å²) in [7, 11) is 0. The van der Waals surface area contributed by atoms with Gasteiger partial charge in [-0.15, -0.1) is 0 Å². The molecule has 0 atom stereocenters. The molecular weight excluding hydrogens is 318 g/mol. The van der Waals surface area contributed by atoms with Gasteiger partial charge in [-0.1, -0.05) is 18.2 Å². The van der Waals surface area contributed by atoms with Crippen molar-refractivity contribution in [3.63, 3.8) is 0 Å². The third-order valence-corrected chi connectivity index (χ3v) is 4.02. The van der Waals surface area contributed by atoms with E-state index in [9.17, 15) is 10.1 Å². The predicted molar refractivity (Wildman–Crippen MR) is 98.3 cm³/mol. The molecule has 0 radical (unpaired) electrons. The lowest BCUT2D eigenvalue weighted by molar-refractivity contribution is -0.383. The molecule has 0 fully saturated rings. The van der Waals surface area contributed by atoms with E-state index in [1.807, 2.05) is 32.0 Å². The lowest BCUT2D eigenvalue weighted by Gasteiger charge is -2.13. The molecule has 1 aromatic heterocycles. The Hall–Kier alpha value is -3.15. The molecule has 0 aliphatic heterocycles. The van der Waals surface area contributed by atoms with Gasteiger partial charge in [0.25, 0.3) is 5.69 Å². The Kier molecular flexibility index (Phi) is 4.79. The number of hydrogen-bond acceptors (Lipinski definition) is 5. The van der Waals surface area contributed by atoms with Gasteiger partial charge in [0.05, 0.1) is 16.0 Å². The number of fused-ring (bicyclic) bond motifs is 1. The van der Waals surface area contributed by atoms with Gasteiger partial charge >= 0.3 is 0 Å². The minimum atomic E-state index is -0.391. The number of aromatic nitrogens is 1. The Morgan fingerprint density at radius 3 is 2.60 bits per heavy atom. The van der Waals surface area contributed by atoms with Crippen LogP contribution in [0.15, 0.2) is 48.7 Å². The van der Waals surface area contributed by atoms with Gasteiger partial charge in [0, 0.05) is 18.8 Å². The van der Waals surface area contributed by atoms with Crippen molar-refractivity contribution in [2.75, 3.05) is 18.5 Å². The number of nitro benzene ring substituents is 1. The quantitative estimate of drug-likeness (QED) is 0.413. The Bertz CT molecular complexity index is 905. The van der Waals surface area contributed by atoms with Crippen molar-refractivity contribution in [1.82, 2.24) is 4.98 Å². The summed E-state index contributed by atoms with van der Waals surface area (Å²) in [6.45, 7) is 5.08. The predicted octanol–water partition coefficient (Wildman–Crippen LogP) is 4.25. The van der Waals surface area contributed by atoms with E-state index in [2.05, 4.69) is 10.3 Å². The number of ether oxygens (including phenoxy) is 1. The van der Waals surface area contributed by atoms with Crippen LogP contribution < -0.4 is 10.1 Å². The first-order chi connectivity index (χ1) is 12.1. The van der Waals surface area contributed by atoms with Gasteiger partial charge in [0.2, 0.25) is 0 Å². The minimum absolute atomic E-state index is 0.0560. The molecule has 2 aromatic carbocycles. The molecule has 1 heterocycles.